The summed E-state index contributed by atoms with van der Waals surface area (Å²) >= 11 is 0. The summed E-state index contributed by atoms with van der Waals surface area (Å²) in [7, 11) is 0. The topological polar surface area (TPSA) is 65.7 Å². The Morgan fingerprint density at radius 2 is 1.62 bits per heavy atom. The zero-order valence-electron chi connectivity index (χ0n) is 18.4. The average Bonchev–Trinajstić information content (AvgIpc) is 2.85. The van der Waals surface area contributed by atoms with E-state index in [1.54, 1.807) is 24.3 Å². The van der Waals surface area contributed by atoms with E-state index >= 15 is 0 Å². The Hall–Kier alpha value is -4.64. The molecule has 34 heavy (non-hydrogen) atoms. The number of carbonyl (C=O) groups is 1. The van der Waals surface area contributed by atoms with E-state index in [4.69, 9.17) is 13.9 Å². The lowest BCUT2D eigenvalue weighted by Gasteiger charge is -2.07. The van der Waals surface area contributed by atoms with Crippen molar-refractivity contribution in [2.75, 3.05) is 0 Å². The fraction of sp³-hybridized carbons (Fsp3) is 0.0345. The second-order valence-corrected chi connectivity index (χ2v) is 7.86. The van der Waals surface area contributed by atoms with Gasteiger partial charge < -0.3 is 13.9 Å². The molecule has 0 saturated heterocycles. The number of carbonyl (C=O) groups excluding carboxylic acids is 1. The van der Waals surface area contributed by atoms with Crippen LogP contribution in [-0.2, 0) is 4.79 Å². The summed E-state index contributed by atoms with van der Waals surface area (Å²) in [5.74, 6) is 0.362. The third-order valence-corrected chi connectivity index (χ3v) is 5.37. The van der Waals surface area contributed by atoms with Gasteiger partial charge in [0.15, 0.2) is 0 Å². The van der Waals surface area contributed by atoms with Gasteiger partial charge in [-0.3, -0.25) is 4.79 Å². The Labute approximate surface area is 195 Å². The van der Waals surface area contributed by atoms with E-state index in [1.165, 1.54) is 18.4 Å². The van der Waals surface area contributed by atoms with Gasteiger partial charge in [-0.25, -0.2) is 4.79 Å². The molecule has 0 spiro atoms. The van der Waals surface area contributed by atoms with Crippen LogP contribution in [0.3, 0.4) is 0 Å². The van der Waals surface area contributed by atoms with Gasteiger partial charge in [0.1, 0.15) is 23.3 Å². The first-order chi connectivity index (χ1) is 16.5. The Balaban J connectivity index is 1.33. The maximum atomic E-state index is 12.9. The van der Waals surface area contributed by atoms with Crippen LogP contribution in [0, 0.1) is 6.92 Å². The lowest BCUT2D eigenvalue weighted by molar-refractivity contribution is -0.128. The molecule has 0 radical (unpaired) electrons. The predicted octanol–water partition coefficient (Wildman–Crippen LogP) is 6.67. The Morgan fingerprint density at radius 3 is 2.44 bits per heavy atom. The molecule has 5 heteroatoms. The van der Waals surface area contributed by atoms with Crippen LogP contribution in [0.25, 0.3) is 27.8 Å². The molecule has 5 aromatic rings. The number of ether oxygens (including phenoxy) is 2. The molecule has 0 saturated carbocycles. The molecule has 5 rings (SSSR count). The van der Waals surface area contributed by atoms with Crippen LogP contribution in [0.2, 0.25) is 0 Å². The summed E-state index contributed by atoms with van der Waals surface area (Å²) in [6, 6.07) is 25.9. The van der Waals surface area contributed by atoms with E-state index in [1.807, 2.05) is 67.6 Å². The summed E-state index contributed by atoms with van der Waals surface area (Å²) in [6.07, 6.45) is 4.30. The monoisotopic (exact) mass is 448 g/mol. The van der Waals surface area contributed by atoms with Crippen molar-refractivity contribution in [1.29, 1.82) is 0 Å². The Morgan fingerprint density at radius 1 is 0.853 bits per heavy atom. The largest absolute Gasteiger partial charge is 0.460 e. The summed E-state index contributed by atoms with van der Waals surface area (Å²) in [6.45, 7) is 2.00. The van der Waals surface area contributed by atoms with Crippen LogP contribution in [0.15, 0.2) is 106 Å². The summed E-state index contributed by atoms with van der Waals surface area (Å²) in [5, 5.41) is 2.41. The quantitative estimate of drug-likeness (QED) is 0.171. The number of esters is 1. The highest BCUT2D eigenvalue weighted by molar-refractivity contribution is 5.89. The van der Waals surface area contributed by atoms with Crippen LogP contribution >= 0.6 is 0 Å². The van der Waals surface area contributed by atoms with Gasteiger partial charge in [0.05, 0.1) is 5.39 Å². The van der Waals surface area contributed by atoms with Crippen LogP contribution in [0.5, 0.6) is 17.2 Å². The maximum absolute atomic E-state index is 12.9. The smallest absolute Gasteiger partial charge is 0.336 e. The van der Waals surface area contributed by atoms with Gasteiger partial charge in [-0.05, 0) is 53.6 Å². The Bertz CT molecular complexity index is 1590. The highest BCUT2D eigenvalue weighted by Crippen LogP contribution is 2.26. The van der Waals surface area contributed by atoms with Gasteiger partial charge >= 0.3 is 5.97 Å². The zero-order valence-corrected chi connectivity index (χ0v) is 18.4. The molecule has 0 aliphatic heterocycles. The molecule has 0 atom stereocenters. The second-order valence-electron chi connectivity index (χ2n) is 7.86. The van der Waals surface area contributed by atoms with Crippen LogP contribution < -0.4 is 14.9 Å². The molecule has 1 heterocycles. The number of fused-ring (bicyclic) bond motifs is 2. The van der Waals surface area contributed by atoms with Gasteiger partial charge in [0.25, 0.3) is 0 Å². The summed E-state index contributed by atoms with van der Waals surface area (Å²) < 4.78 is 16.8. The van der Waals surface area contributed by atoms with Crippen molar-refractivity contribution >= 4 is 33.8 Å². The van der Waals surface area contributed by atoms with Gasteiger partial charge in [-0.2, -0.15) is 0 Å². The molecule has 0 bridgehead atoms. The van der Waals surface area contributed by atoms with E-state index in [0.29, 0.717) is 16.7 Å². The zero-order chi connectivity index (χ0) is 23.5. The summed E-state index contributed by atoms with van der Waals surface area (Å²) in [5.41, 5.74) is 2.02. The van der Waals surface area contributed by atoms with Crippen LogP contribution in [-0.4, -0.2) is 5.97 Å². The number of aryl methyl sites for hydroxylation is 1. The van der Waals surface area contributed by atoms with Crippen molar-refractivity contribution in [1.82, 2.24) is 0 Å². The molecule has 4 aromatic carbocycles. The molecule has 166 valence electrons. The molecule has 5 nitrogen and oxygen atoms in total. The van der Waals surface area contributed by atoms with Crippen LogP contribution in [0.4, 0.5) is 0 Å². The molecular formula is C29H20O5. The van der Waals surface area contributed by atoms with Crippen molar-refractivity contribution in [3.63, 3.8) is 0 Å². The fourth-order valence-electron chi connectivity index (χ4n) is 3.57. The molecule has 0 unspecified atom stereocenters. The molecule has 0 aliphatic carbocycles. The summed E-state index contributed by atoms with van der Waals surface area (Å²) in [4.78, 5) is 25.1. The third-order valence-electron chi connectivity index (χ3n) is 5.37. The number of rotatable bonds is 5. The minimum absolute atomic E-state index is 0.0774. The molecule has 0 aliphatic rings. The van der Waals surface area contributed by atoms with Gasteiger partial charge in [-0.15, -0.1) is 0 Å². The molecule has 0 fully saturated rings. The van der Waals surface area contributed by atoms with E-state index < -0.39 is 5.97 Å². The van der Waals surface area contributed by atoms with Crippen molar-refractivity contribution < 1.29 is 18.7 Å². The number of benzene rings is 4. The second kappa shape index (κ2) is 9.08. The van der Waals surface area contributed by atoms with E-state index in [0.717, 1.165) is 21.9 Å². The molecule has 0 amide bonds. The van der Waals surface area contributed by atoms with Crippen LogP contribution in [0.1, 0.15) is 11.1 Å². The van der Waals surface area contributed by atoms with Gasteiger partial charge in [0.2, 0.25) is 11.2 Å². The normalized spacial score (nSPS) is 11.2. The lowest BCUT2D eigenvalue weighted by atomic mass is 10.1. The van der Waals surface area contributed by atoms with E-state index in [9.17, 15) is 9.59 Å². The Kier molecular flexibility index (Phi) is 5.67. The van der Waals surface area contributed by atoms with E-state index in [2.05, 4.69) is 0 Å². The van der Waals surface area contributed by atoms with E-state index in [-0.39, 0.29) is 16.9 Å². The van der Waals surface area contributed by atoms with Gasteiger partial charge in [-0.1, -0.05) is 60.2 Å². The van der Waals surface area contributed by atoms with Crippen molar-refractivity contribution in [3.05, 3.63) is 119 Å². The third kappa shape index (κ3) is 4.59. The minimum Gasteiger partial charge on any atom is -0.460 e. The number of hydrogen-bond acceptors (Lipinski definition) is 5. The lowest BCUT2D eigenvalue weighted by Crippen LogP contribution is -2.06. The fourth-order valence-corrected chi connectivity index (χ4v) is 3.57. The number of hydrogen-bond donors (Lipinski definition) is 0. The predicted molar refractivity (Wildman–Crippen MR) is 132 cm³/mol. The first kappa shape index (κ1) is 21.2. The average molecular weight is 448 g/mol. The highest BCUT2D eigenvalue weighted by atomic mass is 16.5. The highest BCUT2D eigenvalue weighted by Gasteiger charge is 2.11. The first-order valence-electron chi connectivity index (χ1n) is 10.7. The first-order valence-corrected chi connectivity index (χ1v) is 10.7. The molecular weight excluding hydrogens is 428 g/mol. The van der Waals surface area contributed by atoms with Crippen molar-refractivity contribution in [2.45, 2.75) is 6.92 Å². The van der Waals surface area contributed by atoms with Crippen molar-refractivity contribution in [3.8, 4) is 17.2 Å². The maximum Gasteiger partial charge on any atom is 0.336 e. The SMILES string of the molecule is Cc1ccc(/C=C/C(=O)Oc2ccc3c(=O)c(Oc4ccc5ccccc5c4)coc3c2)cc1. The molecule has 0 N–H and O–H groups in total. The van der Waals surface area contributed by atoms with Gasteiger partial charge in [0, 0.05) is 12.1 Å². The minimum atomic E-state index is -0.529. The molecule has 1 aromatic heterocycles. The van der Waals surface area contributed by atoms with Crippen molar-refractivity contribution in [2.24, 2.45) is 0 Å². The standard InChI is InChI=1S/C29H20O5/c1-19-6-8-20(9-7-19)10-15-28(30)34-24-13-14-25-26(17-24)32-18-27(29(25)31)33-23-12-11-21-4-2-3-5-22(21)16-23/h2-18H,1H3/b15-10+.